The lowest BCUT2D eigenvalue weighted by Gasteiger charge is -2.43. The van der Waals surface area contributed by atoms with Crippen LogP contribution in [-0.4, -0.2) is 28.5 Å². The number of fused-ring (bicyclic) bond motifs is 2. The second-order valence-electron chi connectivity index (χ2n) is 7.57. The second kappa shape index (κ2) is 6.74. The summed E-state index contributed by atoms with van der Waals surface area (Å²) in [5.41, 5.74) is 5.26. The molecule has 2 N–H and O–H groups in total. The summed E-state index contributed by atoms with van der Waals surface area (Å²) in [5, 5.41) is 30.5. The molecule has 2 aliphatic rings. The molecule has 0 saturated carbocycles. The molecule has 2 heterocycles. The van der Waals surface area contributed by atoms with Crippen LogP contribution in [0.4, 0.5) is 0 Å². The number of nitrogens with zero attached hydrogens (tertiary/aromatic N) is 1. The number of rotatable bonds is 2. The fraction of sp³-hybridized carbons (Fsp3) is 0.409. The zero-order valence-corrected chi connectivity index (χ0v) is 15.5. The van der Waals surface area contributed by atoms with Crippen LogP contribution in [0.3, 0.4) is 0 Å². The van der Waals surface area contributed by atoms with Gasteiger partial charge in [-0.3, -0.25) is 0 Å². The van der Waals surface area contributed by atoms with Crippen LogP contribution in [0.5, 0.6) is 0 Å². The van der Waals surface area contributed by atoms with E-state index in [4.69, 9.17) is 9.47 Å². The van der Waals surface area contributed by atoms with Gasteiger partial charge < -0.3 is 19.7 Å². The highest BCUT2D eigenvalue weighted by Gasteiger charge is 2.54. The first-order chi connectivity index (χ1) is 12.9. The van der Waals surface area contributed by atoms with Gasteiger partial charge in [0.2, 0.25) is 5.79 Å². The van der Waals surface area contributed by atoms with Gasteiger partial charge in [-0.05, 0) is 49.1 Å². The summed E-state index contributed by atoms with van der Waals surface area (Å²) in [6.45, 7) is 4.13. The maximum atomic E-state index is 10.7. The fourth-order valence-corrected chi connectivity index (χ4v) is 4.05. The van der Waals surface area contributed by atoms with Crippen LogP contribution in [0.1, 0.15) is 46.7 Å². The molecule has 2 aromatic carbocycles. The highest BCUT2D eigenvalue weighted by Crippen LogP contribution is 2.46. The van der Waals surface area contributed by atoms with Gasteiger partial charge in [0.25, 0.3) is 0 Å². The van der Waals surface area contributed by atoms with Gasteiger partial charge in [0.05, 0.1) is 30.4 Å². The van der Waals surface area contributed by atoms with Crippen molar-refractivity contribution in [2.75, 3.05) is 0 Å². The Hall–Kier alpha value is -2.23. The minimum Gasteiger partial charge on any atom is -0.390 e. The number of hydrogen-bond acceptors (Lipinski definition) is 5. The van der Waals surface area contributed by atoms with Crippen LogP contribution >= 0.6 is 0 Å². The number of nitriles is 1. The van der Waals surface area contributed by atoms with E-state index in [-0.39, 0.29) is 12.7 Å². The molecule has 0 bridgehead atoms. The monoisotopic (exact) mass is 365 g/mol. The first-order valence-corrected chi connectivity index (χ1v) is 9.23. The zero-order chi connectivity index (χ0) is 19.2. The Labute approximate surface area is 158 Å². The Morgan fingerprint density at radius 2 is 1.96 bits per heavy atom. The minimum absolute atomic E-state index is 0.241. The smallest absolute Gasteiger partial charge is 0.225 e. The quantitative estimate of drug-likeness (QED) is 0.855. The van der Waals surface area contributed by atoms with Crippen molar-refractivity contribution >= 4 is 0 Å². The van der Waals surface area contributed by atoms with Crippen molar-refractivity contribution in [1.82, 2.24) is 0 Å². The number of hydrogen-bond donors (Lipinski definition) is 2. The number of aliphatic hydroxyl groups is 2. The van der Waals surface area contributed by atoms with Crippen LogP contribution in [-0.2, 0) is 28.3 Å². The Morgan fingerprint density at radius 3 is 2.67 bits per heavy atom. The Kier molecular flexibility index (Phi) is 4.53. The Balaban J connectivity index is 1.77. The number of ether oxygens (including phenoxy) is 2. The van der Waals surface area contributed by atoms with Gasteiger partial charge in [0, 0.05) is 12.0 Å². The normalized spacial score (nSPS) is 29.5. The predicted octanol–water partition coefficient (Wildman–Crippen LogP) is 2.67. The summed E-state index contributed by atoms with van der Waals surface area (Å²) in [5.74, 6) is -1.37. The van der Waals surface area contributed by atoms with Crippen LogP contribution in [0.15, 0.2) is 36.4 Å². The first kappa shape index (κ1) is 18.1. The summed E-state index contributed by atoms with van der Waals surface area (Å²) in [6, 6.07) is 14.2. The molecule has 0 aliphatic carbocycles. The van der Waals surface area contributed by atoms with Crippen molar-refractivity contribution in [3.8, 4) is 6.07 Å². The van der Waals surface area contributed by atoms with Gasteiger partial charge in [-0.15, -0.1) is 0 Å². The zero-order valence-electron chi connectivity index (χ0n) is 15.5. The van der Waals surface area contributed by atoms with Gasteiger partial charge in [-0.1, -0.05) is 29.8 Å². The number of benzene rings is 2. The van der Waals surface area contributed by atoms with Crippen LogP contribution in [0.2, 0.25) is 0 Å². The Morgan fingerprint density at radius 1 is 1.22 bits per heavy atom. The third-order valence-corrected chi connectivity index (χ3v) is 5.49. The molecule has 2 aliphatic heterocycles. The lowest BCUT2D eigenvalue weighted by atomic mass is 9.86. The maximum absolute atomic E-state index is 10.7. The number of aliphatic hydroxyl groups excluding tert-OH is 2. The molecule has 5 heteroatoms. The molecule has 0 radical (unpaired) electrons. The molecule has 140 valence electrons. The molecule has 2 aromatic rings. The van der Waals surface area contributed by atoms with Crippen molar-refractivity contribution in [1.29, 1.82) is 5.26 Å². The summed E-state index contributed by atoms with van der Waals surface area (Å²) < 4.78 is 11.9. The average molecular weight is 365 g/mol. The molecule has 1 unspecified atom stereocenters. The van der Waals surface area contributed by atoms with E-state index >= 15 is 0 Å². The van der Waals surface area contributed by atoms with Crippen molar-refractivity contribution in [2.45, 2.75) is 57.4 Å². The molecule has 4 rings (SSSR count). The molecule has 0 amide bonds. The standard InChI is InChI=1S/C22H23NO4/c1-13-3-5-15(6-4-13)8-16-10-19-18(9-17(16)11-23)12-26-22(19)21(25)20(24)7-14(2)27-22/h3-6,9-10,14,20-21,24-25H,7-8,12H2,1-2H3/t14-,20+,21?,22+/m1/s1. The van der Waals surface area contributed by atoms with Gasteiger partial charge in [0.1, 0.15) is 6.10 Å². The van der Waals surface area contributed by atoms with Gasteiger partial charge in [0.15, 0.2) is 0 Å². The first-order valence-electron chi connectivity index (χ1n) is 9.23. The van der Waals surface area contributed by atoms with E-state index in [1.54, 1.807) is 0 Å². The van der Waals surface area contributed by atoms with Crippen molar-refractivity contribution in [2.24, 2.45) is 0 Å². The van der Waals surface area contributed by atoms with Crippen molar-refractivity contribution in [3.05, 3.63) is 69.8 Å². The topological polar surface area (TPSA) is 82.7 Å². The third kappa shape index (κ3) is 3.05. The van der Waals surface area contributed by atoms with Crippen LogP contribution in [0.25, 0.3) is 0 Å². The number of aryl methyl sites for hydroxylation is 1. The fourth-order valence-electron chi connectivity index (χ4n) is 4.05. The van der Waals surface area contributed by atoms with E-state index in [1.807, 2.05) is 50.2 Å². The van der Waals surface area contributed by atoms with Gasteiger partial charge in [-0.25, -0.2) is 0 Å². The molecular formula is C22H23NO4. The molecule has 5 nitrogen and oxygen atoms in total. The maximum Gasteiger partial charge on any atom is 0.225 e. The molecule has 1 spiro atoms. The van der Waals surface area contributed by atoms with E-state index in [1.165, 1.54) is 5.56 Å². The van der Waals surface area contributed by atoms with E-state index in [0.717, 1.165) is 16.7 Å². The molecule has 1 saturated heterocycles. The lowest BCUT2D eigenvalue weighted by Crippen LogP contribution is -2.55. The average Bonchev–Trinajstić information content (AvgIpc) is 2.99. The summed E-state index contributed by atoms with van der Waals surface area (Å²) >= 11 is 0. The van der Waals surface area contributed by atoms with E-state index in [0.29, 0.717) is 24.0 Å². The largest absolute Gasteiger partial charge is 0.390 e. The van der Waals surface area contributed by atoms with E-state index in [2.05, 4.69) is 6.07 Å². The van der Waals surface area contributed by atoms with Crippen molar-refractivity contribution < 1.29 is 19.7 Å². The molecule has 27 heavy (non-hydrogen) atoms. The summed E-state index contributed by atoms with van der Waals surface area (Å²) in [6.07, 6.45) is -1.38. The molecule has 4 atom stereocenters. The van der Waals surface area contributed by atoms with Crippen LogP contribution in [0, 0.1) is 18.3 Å². The van der Waals surface area contributed by atoms with Gasteiger partial charge >= 0.3 is 0 Å². The molecule has 1 fully saturated rings. The predicted molar refractivity (Wildman–Crippen MR) is 98.8 cm³/mol. The highest BCUT2D eigenvalue weighted by molar-refractivity contribution is 5.50. The van der Waals surface area contributed by atoms with E-state index < -0.39 is 18.0 Å². The SMILES string of the molecule is Cc1ccc(Cc2cc3c(cc2C#N)CO[C@]32O[C@H](C)C[C@H](O)C2O)cc1. The summed E-state index contributed by atoms with van der Waals surface area (Å²) in [4.78, 5) is 0. The van der Waals surface area contributed by atoms with Gasteiger partial charge in [-0.2, -0.15) is 5.26 Å². The molecular weight excluding hydrogens is 342 g/mol. The second-order valence-corrected chi connectivity index (χ2v) is 7.57. The van der Waals surface area contributed by atoms with Crippen molar-refractivity contribution in [3.63, 3.8) is 0 Å². The summed E-state index contributed by atoms with van der Waals surface area (Å²) in [7, 11) is 0. The van der Waals surface area contributed by atoms with E-state index in [9.17, 15) is 15.5 Å². The van der Waals surface area contributed by atoms with Crippen LogP contribution < -0.4 is 0 Å². The Bertz CT molecular complexity index is 902. The molecule has 0 aromatic heterocycles. The highest BCUT2D eigenvalue weighted by atomic mass is 16.7. The third-order valence-electron chi connectivity index (χ3n) is 5.49. The lowest BCUT2D eigenvalue weighted by molar-refractivity contribution is -0.342. The minimum atomic E-state index is -1.37.